The highest BCUT2D eigenvalue weighted by Crippen LogP contribution is 2.22. The van der Waals surface area contributed by atoms with Crippen LogP contribution in [-0.4, -0.2) is 17.6 Å². The Morgan fingerprint density at radius 3 is 2.86 bits per heavy atom. The third kappa shape index (κ3) is 2.07. The molecular weight excluding hydrogens is 174 g/mol. The second-order valence-corrected chi connectivity index (χ2v) is 3.75. The molecular formula is C12H17NO. The van der Waals surface area contributed by atoms with Crippen molar-refractivity contribution in [2.45, 2.75) is 32.2 Å². The second-order valence-electron chi connectivity index (χ2n) is 3.75. The number of rotatable bonds is 3. The average molecular weight is 191 g/mol. The highest BCUT2D eigenvalue weighted by Gasteiger charge is 2.24. The predicted octanol–water partition coefficient (Wildman–Crippen LogP) is 2.85. The van der Waals surface area contributed by atoms with Crippen molar-refractivity contribution in [3.8, 4) is 5.75 Å². The summed E-state index contributed by atoms with van der Waals surface area (Å²) in [4.78, 5) is 5.81. The molecule has 1 atom stereocenters. The molecule has 2 rings (SSSR count). The van der Waals surface area contributed by atoms with Crippen LogP contribution in [0.4, 0.5) is 0 Å². The van der Waals surface area contributed by atoms with Gasteiger partial charge in [-0.25, -0.2) is 0 Å². The van der Waals surface area contributed by atoms with Crippen LogP contribution in [-0.2, 0) is 0 Å². The molecule has 0 aliphatic carbocycles. The van der Waals surface area contributed by atoms with Crippen LogP contribution in [0.5, 0.6) is 5.75 Å². The lowest BCUT2D eigenvalue weighted by atomic mass is 10.2. The van der Waals surface area contributed by atoms with Crippen molar-refractivity contribution in [2.24, 2.45) is 0 Å². The van der Waals surface area contributed by atoms with Gasteiger partial charge in [0.1, 0.15) is 5.75 Å². The van der Waals surface area contributed by atoms with Crippen molar-refractivity contribution in [1.29, 1.82) is 0 Å². The van der Waals surface area contributed by atoms with Crippen LogP contribution in [0.2, 0.25) is 0 Å². The summed E-state index contributed by atoms with van der Waals surface area (Å²) >= 11 is 0. The van der Waals surface area contributed by atoms with Gasteiger partial charge in [-0.2, -0.15) is 0 Å². The van der Waals surface area contributed by atoms with Crippen molar-refractivity contribution in [3.63, 3.8) is 0 Å². The largest absolute Gasteiger partial charge is 0.406 e. The lowest BCUT2D eigenvalue weighted by Crippen LogP contribution is -2.32. The summed E-state index contributed by atoms with van der Waals surface area (Å²) in [5, 5.41) is 2.12. The molecule has 1 saturated heterocycles. The van der Waals surface area contributed by atoms with E-state index in [1.807, 2.05) is 30.3 Å². The summed E-state index contributed by atoms with van der Waals surface area (Å²) in [6.07, 6.45) is 3.70. The Morgan fingerprint density at radius 1 is 1.36 bits per heavy atom. The van der Waals surface area contributed by atoms with Crippen molar-refractivity contribution in [2.75, 3.05) is 6.54 Å². The van der Waals surface area contributed by atoms with Gasteiger partial charge in [0.25, 0.3) is 0 Å². The van der Waals surface area contributed by atoms with E-state index in [2.05, 4.69) is 12.0 Å². The molecule has 2 nitrogen and oxygen atoms in total. The SMILES string of the molecule is CCC1CCCN1Oc1ccccc1. The van der Waals surface area contributed by atoms with Gasteiger partial charge in [-0.15, -0.1) is 5.06 Å². The topological polar surface area (TPSA) is 12.5 Å². The lowest BCUT2D eigenvalue weighted by Gasteiger charge is -2.23. The molecule has 0 radical (unpaired) electrons. The number of hydrogen-bond donors (Lipinski definition) is 0. The number of hydroxylamine groups is 2. The number of nitrogens with zero attached hydrogens (tertiary/aromatic N) is 1. The van der Waals surface area contributed by atoms with Gasteiger partial charge < -0.3 is 4.84 Å². The molecule has 0 spiro atoms. The first-order chi connectivity index (χ1) is 6.90. The summed E-state index contributed by atoms with van der Waals surface area (Å²) in [7, 11) is 0. The molecule has 1 aliphatic rings. The standard InChI is InChI=1S/C12H17NO/c1-2-11-7-6-10-13(11)14-12-8-4-3-5-9-12/h3-5,8-9,11H,2,6-7,10H2,1H3. The molecule has 0 saturated carbocycles. The van der Waals surface area contributed by atoms with Crippen LogP contribution < -0.4 is 4.84 Å². The third-order valence-corrected chi connectivity index (χ3v) is 2.76. The van der Waals surface area contributed by atoms with Gasteiger partial charge >= 0.3 is 0 Å². The van der Waals surface area contributed by atoms with Gasteiger partial charge in [0.2, 0.25) is 0 Å². The Balaban J connectivity index is 1.97. The van der Waals surface area contributed by atoms with E-state index < -0.39 is 0 Å². The maximum Gasteiger partial charge on any atom is 0.147 e. The molecule has 2 heteroatoms. The molecule has 1 aromatic carbocycles. The molecule has 76 valence electrons. The summed E-state index contributed by atoms with van der Waals surface area (Å²) in [6.45, 7) is 3.28. The molecule has 0 amide bonds. The quantitative estimate of drug-likeness (QED) is 0.728. The van der Waals surface area contributed by atoms with Crippen molar-refractivity contribution in [1.82, 2.24) is 5.06 Å². The first-order valence-electron chi connectivity index (χ1n) is 5.40. The Hall–Kier alpha value is -1.02. The molecule has 0 aromatic heterocycles. The Kier molecular flexibility index (Phi) is 3.04. The zero-order chi connectivity index (χ0) is 9.80. The molecule has 1 aromatic rings. The molecule has 1 aliphatic heterocycles. The Labute approximate surface area is 85.4 Å². The van der Waals surface area contributed by atoms with E-state index in [4.69, 9.17) is 4.84 Å². The van der Waals surface area contributed by atoms with E-state index in [0.717, 1.165) is 12.3 Å². The van der Waals surface area contributed by atoms with Gasteiger partial charge in [-0.3, -0.25) is 0 Å². The van der Waals surface area contributed by atoms with E-state index in [0.29, 0.717) is 6.04 Å². The Bertz CT molecular complexity index is 273. The minimum Gasteiger partial charge on any atom is -0.406 e. The average Bonchev–Trinajstić information content (AvgIpc) is 2.67. The fourth-order valence-electron chi connectivity index (χ4n) is 1.95. The smallest absolute Gasteiger partial charge is 0.147 e. The minimum absolute atomic E-state index is 0.607. The number of hydrogen-bond acceptors (Lipinski definition) is 2. The fourth-order valence-corrected chi connectivity index (χ4v) is 1.95. The van der Waals surface area contributed by atoms with E-state index >= 15 is 0 Å². The first kappa shape index (κ1) is 9.53. The third-order valence-electron chi connectivity index (χ3n) is 2.76. The summed E-state index contributed by atoms with van der Waals surface area (Å²) in [6, 6.07) is 10.6. The van der Waals surface area contributed by atoms with Gasteiger partial charge in [0.05, 0.1) is 0 Å². The summed E-state index contributed by atoms with van der Waals surface area (Å²) in [5.41, 5.74) is 0. The molecule has 0 N–H and O–H groups in total. The van der Waals surface area contributed by atoms with Gasteiger partial charge in [0, 0.05) is 12.6 Å². The van der Waals surface area contributed by atoms with Gasteiger partial charge in [-0.05, 0) is 31.4 Å². The van der Waals surface area contributed by atoms with Crippen LogP contribution in [0, 0.1) is 0 Å². The van der Waals surface area contributed by atoms with E-state index in [1.54, 1.807) is 0 Å². The first-order valence-corrected chi connectivity index (χ1v) is 5.40. The maximum absolute atomic E-state index is 5.81. The van der Waals surface area contributed by atoms with Crippen LogP contribution in [0.3, 0.4) is 0 Å². The predicted molar refractivity (Wildman–Crippen MR) is 57.1 cm³/mol. The van der Waals surface area contributed by atoms with E-state index in [-0.39, 0.29) is 0 Å². The highest BCUT2D eigenvalue weighted by atomic mass is 16.7. The minimum atomic E-state index is 0.607. The monoisotopic (exact) mass is 191 g/mol. The number of para-hydroxylation sites is 1. The maximum atomic E-state index is 5.81. The molecule has 1 heterocycles. The van der Waals surface area contributed by atoms with Gasteiger partial charge in [-0.1, -0.05) is 25.1 Å². The zero-order valence-electron chi connectivity index (χ0n) is 8.65. The van der Waals surface area contributed by atoms with Crippen LogP contribution in [0.25, 0.3) is 0 Å². The van der Waals surface area contributed by atoms with Crippen LogP contribution in [0.1, 0.15) is 26.2 Å². The fraction of sp³-hybridized carbons (Fsp3) is 0.500. The number of benzene rings is 1. The molecule has 14 heavy (non-hydrogen) atoms. The van der Waals surface area contributed by atoms with Crippen molar-refractivity contribution < 1.29 is 4.84 Å². The van der Waals surface area contributed by atoms with Crippen molar-refractivity contribution >= 4 is 0 Å². The highest BCUT2D eigenvalue weighted by molar-refractivity contribution is 5.20. The summed E-state index contributed by atoms with van der Waals surface area (Å²) in [5.74, 6) is 0.952. The Morgan fingerprint density at radius 2 is 2.14 bits per heavy atom. The van der Waals surface area contributed by atoms with Crippen LogP contribution in [0.15, 0.2) is 30.3 Å². The second kappa shape index (κ2) is 4.47. The molecule has 0 bridgehead atoms. The zero-order valence-corrected chi connectivity index (χ0v) is 8.65. The van der Waals surface area contributed by atoms with Crippen LogP contribution >= 0.6 is 0 Å². The molecule has 1 fully saturated rings. The van der Waals surface area contributed by atoms with Gasteiger partial charge in [0.15, 0.2) is 0 Å². The van der Waals surface area contributed by atoms with E-state index in [1.165, 1.54) is 19.3 Å². The van der Waals surface area contributed by atoms with E-state index in [9.17, 15) is 0 Å². The lowest BCUT2D eigenvalue weighted by molar-refractivity contribution is -0.0709. The molecule has 1 unspecified atom stereocenters. The summed E-state index contributed by atoms with van der Waals surface area (Å²) < 4.78 is 0. The normalized spacial score (nSPS) is 22.5. The van der Waals surface area contributed by atoms with Crippen molar-refractivity contribution in [3.05, 3.63) is 30.3 Å².